The van der Waals surface area contributed by atoms with Crippen molar-refractivity contribution in [1.29, 1.82) is 0 Å². The zero-order chi connectivity index (χ0) is 15.9. The van der Waals surface area contributed by atoms with E-state index in [9.17, 15) is 9.59 Å². The molecule has 114 valence electrons. The van der Waals surface area contributed by atoms with Crippen molar-refractivity contribution in [2.24, 2.45) is 0 Å². The van der Waals surface area contributed by atoms with E-state index in [0.29, 0.717) is 12.2 Å². The Hall–Kier alpha value is -2.62. The van der Waals surface area contributed by atoms with E-state index in [-0.39, 0.29) is 5.92 Å². The lowest BCUT2D eigenvalue weighted by atomic mass is 10.0. The van der Waals surface area contributed by atoms with Gasteiger partial charge in [0.25, 0.3) is 0 Å². The summed E-state index contributed by atoms with van der Waals surface area (Å²) in [7, 11) is 0. The lowest BCUT2D eigenvalue weighted by Gasteiger charge is -2.13. The molecule has 2 aromatic rings. The molecule has 0 unspecified atom stereocenters. The minimum Gasteiger partial charge on any atom is -0.347 e. The molecule has 0 aliphatic carbocycles. The maximum atomic E-state index is 11.9. The van der Waals surface area contributed by atoms with Crippen LogP contribution in [0.15, 0.2) is 54.6 Å². The molecule has 0 fully saturated rings. The second-order valence-electron chi connectivity index (χ2n) is 5.29. The van der Waals surface area contributed by atoms with Gasteiger partial charge in [-0.25, -0.2) is 0 Å². The van der Waals surface area contributed by atoms with Gasteiger partial charge in [-0.15, -0.1) is 0 Å². The smallest absolute Gasteiger partial charge is 0.313 e. The number of benzene rings is 2. The summed E-state index contributed by atoms with van der Waals surface area (Å²) in [6.07, 6.45) is 0. The first kappa shape index (κ1) is 15.8. The Morgan fingerprint density at radius 3 is 2.27 bits per heavy atom. The summed E-state index contributed by atoms with van der Waals surface area (Å²) in [6.45, 7) is 4.31. The van der Waals surface area contributed by atoms with Crippen molar-refractivity contribution in [1.82, 2.24) is 5.32 Å². The first-order valence-electron chi connectivity index (χ1n) is 7.27. The standard InChI is InChI=1S/C18H20N2O2/c1-13-8-6-7-11-16(13)20-18(22)17(21)19-12-14(2)15-9-4-3-5-10-15/h3-11,14H,12H2,1-2H3,(H,19,21)(H,20,22)/t14-/m1/s1. The van der Waals surface area contributed by atoms with Gasteiger partial charge in [0.15, 0.2) is 0 Å². The van der Waals surface area contributed by atoms with Crippen LogP contribution in [0.4, 0.5) is 5.69 Å². The number of aryl methyl sites for hydroxylation is 1. The minimum atomic E-state index is -0.644. The fraction of sp³-hybridized carbons (Fsp3) is 0.222. The zero-order valence-corrected chi connectivity index (χ0v) is 12.8. The number of nitrogens with one attached hydrogen (secondary N) is 2. The minimum absolute atomic E-state index is 0.149. The maximum absolute atomic E-state index is 11.9. The molecule has 0 saturated heterocycles. The predicted octanol–water partition coefficient (Wildman–Crippen LogP) is 2.85. The highest BCUT2D eigenvalue weighted by atomic mass is 16.2. The van der Waals surface area contributed by atoms with E-state index in [4.69, 9.17) is 0 Å². The van der Waals surface area contributed by atoms with Crippen LogP contribution in [0.5, 0.6) is 0 Å². The Labute approximate surface area is 130 Å². The van der Waals surface area contributed by atoms with Crippen LogP contribution >= 0.6 is 0 Å². The van der Waals surface area contributed by atoms with Crippen molar-refractivity contribution in [3.8, 4) is 0 Å². The van der Waals surface area contributed by atoms with E-state index >= 15 is 0 Å². The Morgan fingerprint density at radius 2 is 1.59 bits per heavy atom. The van der Waals surface area contributed by atoms with Gasteiger partial charge < -0.3 is 10.6 Å². The summed E-state index contributed by atoms with van der Waals surface area (Å²) in [5, 5.41) is 5.29. The van der Waals surface area contributed by atoms with Crippen molar-refractivity contribution in [3.63, 3.8) is 0 Å². The van der Waals surface area contributed by atoms with Gasteiger partial charge in [0.05, 0.1) is 0 Å². The Kier molecular flexibility index (Phi) is 5.31. The van der Waals surface area contributed by atoms with Crippen LogP contribution in [-0.2, 0) is 9.59 Å². The molecule has 2 aromatic carbocycles. The highest BCUT2D eigenvalue weighted by Crippen LogP contribution is 2.14. The van der Waals surface area contributed by atoms with E-state index in [2.05, 4.69) is 10.6 Å². The van der Waals surface area contributed by atoms with Gasteiger partial charge in [-0.3, -0.25) is 9.59 Å². The third-order valence-corrected chi connectivity index (χ3v) is 3.54. The van der Waals surface area contributed by atoms with Crippen LogP contribution in [-0.4, -0.2) is 18.4 Å². The molecule has 1 atom stereocenters. The number of carbonyl (C=O) groups is 2. The monoisotopic (exact) mass is 296 g/mol. The van der Waals surface area contributed by atoms with Gasteiger partial charge in [0.1, 0.15) is 0 Å². The lowest BCUT2D eigenvalue weighted by Crippen LogP contribution is -2.37. The number of rotatable bonds is 4. The molecule has 2 amide bonds. The first-order chi connectivity index (χ1) is 10.6. The molecule has 4 heteroatoms. The topological polar surface area (TPSA) is 58.2 Å². The second kappa shape index (κ2) is 7.41. The summed E-state index contributed by atoms with van der Waals surface area (Å²) < 4.78 is 0. The number of amides is 2. The molecule has 0 saturated carbocycles. The number of carbonyl (C=O) groups excluding carboxylic acids is 2. The average Bonchev–Trinajstić information content (AvgIpc) is 2.55. The van der Waals surface area contributed by atoms with Crippen molar-refractivity contribution in [2.45, 2.75) is 19.8 Å². The van der Waals surface area contributed by atoms with Crippen LogP contribution < -0.4 is 10.6 Å². The van der Waals surface area contributed by atoms with E-state index in [1.54, 1.807) is 6.07 Å². The summed E-state index contributed by atoms with van der Waals surface area (Å²) in [5.74, 6) is -1.11. The highest BCUT2D eigenvalue weighted by molar-refractivity contribution is 6.39. The fourth-order valence-corrected chi connectivity index (χ4v) is 2.12. The molecule has 0 aliphatic rings. The zero-order valence-electron chi connectivity index (χ0n) is 12.8. The molecule has 0 aliphatic heterocycles. The lowest BCUT2D eigenvalue weighted by molar-refractivity contribution is -0.136. The van der Waals surface area contributed by atoms with E-state index in [1.807, 2.05) is 62.4 Å². The average molecular weight is 296 g/mol. The SMILES string of the molecule is Cc1ccccc1NC(=O)C(=O)NC[C@@H](C)c1ccccc1. The largest absolute Gasteiger partial charge is 0.347 e. The summed E-state index contributed by atoms with van der Waals surface area (Å²) in [6, 6.07) is 17.2. The van der Waals surface area contributed by atoms with Gasteiger partial charge in [-0.05, 0) is 30.0 Å². The molecule has 0 radical (unpaired) electrons. The van der Waals surface area contributed by atoms with Crippen LogP contribution in [0.25, 0.3) is 0 Å². The first-order valence-corrected chi connectivity index (χ1v) is 7.27. The molecular weight excluding hydrogens is 276 g/mol. The molecule has 0 aromatic heterocycles. The van der Waals surface area contributed by atoms with E-state index < -0.39 is 11.8 Å². The predicted molar refractivity (Wildman–Crippen MR) is 87.7 cm³/mol. The summed E-state index contributed by atoms with van der Waals surface area (Å²) in [4.78, 5) is 23.8. The number of anilines is 1. The van der Waals surface area contributed by atoms with Gasteiger partial charge in [-0.1, -0.05) is 55.5 Å². The van der Waals surface area contributed by atoms with Crippen LogP contribution in [0.2, 0.25) is 0 Å². The maximum Gasteiger partial charge on any atom is 0.313 e. The van der Waals surface area contributed by atoms with Gasteiger partial charge >= 0.3 is 11.8 Å². The molecule has 2 N–H and O–H groups in total. The van der Waals surface area contributed by atoms with Crippen LogP contribution in [0.3, 0.4) is 0 Å². The van der Waals surface area contributed by atoms with Crippen molar-refractivity contribution < 1.29 is 9.59 Å². The Morgan fingerprint density at radius 1 is 0.955 bits per heavy atom. The third kappa shape index (κ3) is 4.19. The van der Waals surface area contributed by atoms with Crippen molar-refractivity contribution in [2.75, 3.05) is 11.9 Å². The molecule has 0 spiro atoms. The Balaban J connectivity index is 1.87. The number of hydrogen-bond donors (Lipinski definition) is 2. The molecule has 2 rings (SSSR count). The second-order valence-corrected chi connectivity index (χ2v) is 5.29. The van der Waals surface area contributed by atoms with Crippen LogP contribution in [0.1, 0.15) is 24.0 Å². The molecular formula is C18H20N2O2. The molecule has 22 heavy (non-hydrogen) atoms. The van der Waals surface area contributed by atoms with E-state index in [0.717, 1.165) is 11.1 Å². The van der Waals surface area contributed by atoms with Gasteiger partial charge in [-0.2, -0.15) is 0 Å². The molecule has 0 bridgehead atoms. The fourth-order valence-electron chi connectivity index (χ4n) is 2.12. The highest BCUT2D eigenvalue weighted by Gasteiger charge is 2.15. The Bertz CT molecular complexity index is 653. The third-order valence-electron chi connectivity index (χ3n) is 3.54. The quantitative estimate of drug-likeness (QED) is 0.852. The van der Waals surface area contributed by atoms with Crippen molar-refractivity contribution in [3.05, 3.63) is 65.7 Å². The van der Waals surface area contributed by atoms with Gasteiger partial charge in [0, 0.05) is 12.2 Å². The van der Waals surface area contributed by atoms with E-state index in [1.165, 1.54) is 0 Å². The van der Waals surface area contributed by atoms with Gasteiger partial charge in [0.2, 0.25) is 0 Å². The molecule has 0 heterocycles. The summed E-state index contributed by atoms with van der Waals surface area (Å²) >= 11 is 0. The summed E-state index contributed by atoms with van der Waals surface area (Å²) in [5.41, 5.74) is 2.70. The van der Waals surface area contributed by atoms with Crippen LogP contribution in [0, 0.1) is 6.92 Å². The number of para-hydroxylation sites is 1. The number of hydrogen-bond acceptors (Lipinski definition) is 2. The molecule has 4 nitrogen and oxygen atoms in total. The van der Waals surface area contributed by atoms with Crippen molar-refractivity contribution >= 4 is 17.5 Å². The normalized spacial score (nSPS) is 11.5.